The maximum atomic E-state index is 13.8. The van der Waals surface area contributed by atoms with Crippen molar-refractivity contribution in [2.24, 2.45) is 5.41 Å². The van der Waals surface area contributed by atoms with E-state index in [-0.39, 0.29) is 23.4 Å². The van der Waals surface area contributed by atoms with Crippen LogP contribution in [0.5, 0.6) is 0 Å². The number of nitrogens with zero attached hydrogens (tertiary/aromatic N) is 3. The van der Waals surface area contributed by atoms with Gasteiger partial charge in [-0.15, -0.1) is 5.10 Å². The Morgan fingerprint density at radius 3 is 2.64 bits per heavy atom. The van der Waals surface area contributed by atoms with Crippen LogP contribution in [0.4, 0.5) is 10.4 Å². The van der Waals surface area contributed by atoms with Crippen LogP contribution in [0.15, 0.2) is 28.7 Å². The quantitative estimate of drug-likeness (QED) is 0.923. The van der Waals surface area contributed by atoms with Crippen LogP contribution in [0, 0.1) is 11.2 Å². The van der Waals surface area contributed by atoms with E-state index in [1.807, 2.05) is 4.90 Å². The lowest BCUT2D eigenvalue weighted by Crippen LogP contribution is -2.45. The SMILES string of the molecule is CC(Nc1nnc(-c2ccccc2F)o1)C(=O)N1CCC2(CC1)CC2. The second-order valence-corrected chi connectivity index (χ2v) is 7.08. The van der Waals surface area contributed by atoms with E-state index < -0.39 is 11.9 Å². The average molecular weight is 344 g/mol. The molecule has 2 aliphatic rings. The highest BCUT2D eigenvalue weighted by Crippen LogP contribution is 2.53. The summed E-state index contributed by atoms with van der Waals surface area (Å²) in [7, 11) is 0. The van der Waals surface area contributed by atoms with E-state index in [2.05, 4.69) is 15.5 Å². The van der Waals surface area contributed by atoms with Crippen LogP contribution < -0.4 is 5.32 Å². The highest BCUT2D eigenvalue weighted by Gasteiger charge is 2.45. The number of hydrogen-bond acceptors (Lipinski definition) is 5. The summed E-state index contributed by atoms with van der Waals surface area (Å²) in [5.41, 5.74) is 0.780. The first-order valence-corrected chi connectivity index (χ1v) is 8.70. The molecule has 1 aliphatic heterocycles. The van der Waals surface area contributed by atoms with E-state index >= 15 is 0 Å². The fraction of sp³-hybridized carbons (Fsp3) is 0.500. The molecule has 1 saturated heterocycles. The summed E-state index contributed by atoms with van der Waals surface area (Å²) in [5, 5.41) is 10.7. The van der Waals surface area contributed by atoms with Crippen molar-refractivity contribution in [3.05, 3.63) is 30.1 Å². The Morgan fingerprint density at radius 1 is 1.24 bits per heavy atom. The number of rotatable bonds is 4. The van der Waals surface area contributed by atoms with Crippen LogP contribution in [-0.4, -0.2) is 40.1 Å². The van der Waals surface area contributed by atoms with Crippen molar-refractivity contribution < 1.29 is 13.6 Å². The van der Waals surface area contributed by atoms with Crippen molar-refractivity contribution in [1.82, 2.24) is 15.1 Å². The van der Waals surface area contributed by atoms with Gasteiger partial charge in [-0.1, -0.05) is 17.2 Å². The van der Waals surface area contributed by atoms with Crippen LogP contribution in [0.1, 0.15) is 32.6 Å². The van der Waals surface area contributed by atoms with E-state index in [9.17, 15) is 9.18 Å². The van der Waals surface area contributed by atoms with Gasteiger partial charge in [0.25, 0.3) is 5.89 Å². The topological polar surface area (TPSA) is 71.3 Å². The molecule has 0 bridgehead atoms. The molecule has 7 heteroatoms. The molecule has 1 spiro atoms. The molecule has 0 radical (unpaired) electrons. The summed E-state index contributed by atoms with van der Waals surface area (Å²) in [5.74, 6) is -0.306. The summed E-state index contributed by atoms with van der Waals surface area (Å²) >= 11 is 0. The van der Waals surface area contributed by atoms with Gasteiger partial charge in [-0.2, -0.15) is 0 Å². The minimum Gasteiger partial charge on any atom is -0.403 e. The van der Waals surface area contributed by atoms with Crippen LogP contribution >= 0.6 is 0 Å². The first-order chi connectivity index (χ1) is 12.1. The lowest BCUT2D eigenvalue weighted by atomic mass is 9.93. The monoisotopic (exact) mass is 344 g/mol. The van der Waals surface area contributed by atoms with Crippen molar-refractivity contribution in [2.45, 2.75) is 38.6 Å². The van der Waals surface area contributed by atoms with Gasteiger partial charge in [-0.25, -0.2) is 4.39 Å². The second kappa shape index (κ2) is 6.13. The normalized spacial score (nSPS) is 19.7. The zero-order chi connectivity index (χ0) is 17.4. The zero-order valence-corrected chi connectivity index (χ0v) is 14.2. The molecule has 2 aromatic rings. The fourth-order valence-corrected chi connectivity index (χ4v) is 3.42. The molecule has 1 amide bonds. The Labute approximate surface area is 145 Å². The summed E-state index contributed by atoms with van der Waals surface area (Å²) in [6, 6.07) is 5.85. The molecule has 6 nitrogen and oxygen atoms in total. The van der Waals surface area contributed by atoms with Crippen LogP contribution in [0.25, 0.3) is 11.5 Å². The van der Waals surface area contributed by atoms with Gasteiger partial charge in [0.2, 0.25) is 5.91 Å². The van der Waals surface area contributed by atoms with Crippen LogP contribution in [0.3, 0.4) is 0 Å². The number of carbonyl (C=O) groups excluding carboxylic acids is 1. The van der Waals surface area contributed by atoms with Crippen molar-refractivity contribution in [1.29, 1.82) is 0 Å². The number of hydrogen-bond donors (Lipinski definition) is 1. The summed E-state index contributed by atoms with van der Waals surface area (Å²) in [4.78, 5) is 14.5. The Balaban J connectivity index is 1.38. The molecule has 132 valence electrons. The standard InChI is InChI=1S/C18H21FN4O2/c1-12(16(24)23-10-8-18(6-7-18)9-11-23)20-17-22-21-15(25-17)13-4-2-3-5-14(13)19/h2-5,12H,6-11H2,1H3,(H,20,22). The van der Waals surface area contributed by atoms with Crippen molar-refractivity contribution >= 4 is 11.9 Å². The molecular weight excluding hydrogens is 323 g/mol. The first-order valence-electron chi connectivity index (χ1n) is 8.70. The summed E-state index contributed by atoms with van der Waals surface area (Å²) in [6.45, 7) is 3.40. The Bertz CT molecular complexity index is 777. The average Bonchev–Trinajstić information content (AvgIpc) is 3.21. The highest BCUT2D eigenvalue weighted by atomic mass is 19.1. The van der Waals surface area contributed by atoms with Gasteiger partial charge < -0.3 is 14.6 Å². The number of nitrogens with one attached hydrogen (secondary N) is 1. The maximum absolute atomic E-state index is 13.8. The molecule has 1 atom stereocenters. The number of piperidine rings is 1. The molecule has 1 N–H and O–H groups in total. The lowest BCUT2D eigenvalue weighted by molar-refractivity contribution is -0.133. The Kier molecular flexibility index (Phi) is 3.94. The van der Waals surface area contributed by atoms with Gasteiger partial charge in [0.15, 0.2) is 0 Å². The lowest BCUT2D eigenvalue weighted by Gasteiger charge is -2.33. The molecular formula is C18H21FN4O2. The first kappa shape index (κ1) is 16.1. The molecule has 1 unspecified atom stereocenters. The smallest absolute Gasteiger partial charge is 0.316 e. The van der Waals surface area contributed by atoms with Crippen molar-refractivity contribution in [3.63, 3.8) is 0 Å². The number of halogens is 1. The minimum absolute atomic E-state index is 0.0288. The van der Waals surface area contributed by atoms with E-state index in [1.54, 1.807) is 25.1 Å². The number of anilines is 1. The molecule has 25 heavy (non-hydrogen) atoms. The van der Waals surface area contributed by atoms with Gasteiger partial charge in [0.05, 0.1) is 5.56 Å². The van der Waals surface area contributed by atoms with E-state index in [0.717, 1.165) is 25.9 Å². The zero-order valence-electron chi connectivity index (χ0n) is 14.2. The molecule has 4 rings (SSSR count). The van der Waals surface area contributed by atoms with Gasteiger partial charge in [0.1, 0.15) is 11.9 Å². The van der Waals surface area contributed by atoms with E-state index in [0.29, 0.717) is 5.41 Å². The fourth-order valence-electron chi connectivity index (χ4n) is 3.42. The second-order valence-electron chi connectivity index (χ2n) is 7.08. The van der Waals surface area contributed by atoms with Crippen LogP contribution in [0.2, 0.25) is 0 Å². The van der Waals surface area contributed by atoms with E-state index in [4.69, 9.17) is 4.42 Å². The number of aromatic nitrogens is 2. The summed E-state index contributed by atoms with van der Waals surface area (Å²) in [6.07, 6.45) is 4.82. The van der Waals surface area contributed by atoms with Gasteiger partial charge in [0, 0.05) is 13.1 Å². The largest absolute Gasteiger partial charge is 0.403 e. The number of amides is 1. The minimum atomic E-state index is -0.470. The molecule has 1 aliphatic carbocycles. The third-order valence-corrected chi connectivity index (χ3v) is 5.33. The Morgan fingerprint density at radius 2 is 1.96 bits per heavy atom. The maximum Gasteiger partial charge on any atom is 0.316 e. The molecule has 2 heterocycles. The van der Waals surface area contributed by atoms with Crippen molar-refractivity contribution in [3.8, 4) is 11.5 Å². The highest BCUT2D eigenvalue weighted by molar-refractivity contribution is 5.83. The van der Waals surface area contributed by atoms with Crippen LogP contribution in [-0.2, 0) is 4.79 Å². The predicted octanol–water partition coefficient (Wildman–Crippen LogP) is 3.08. The number of benzene rings is 1. The molecule has 1 saturated carbocycles. The predicted molar refractivity (Wildman–Crippen MR) is 90.3 cm³/mol. The third kappa shape index (κ3) is 3.23. The number of carbonyl (C=O) groups is 1. The van der Waals surface area contributed by atoms with E-state index in [1.165, 1.54) is 18.9 Å². The molecule has 1 aromatic heterocycles. The molecule has 2 fully saturated rings. The Hall–Kier alpha value is -2.44. The third-order valence-electron chi connectivity index (χ3n) is 5.33. The van der Waals surface area contributed by atoms with Gasteiger partial charge >= 0.3 is 6.01 Å². The number of likely N-dealkylation sites (tertiary alicyclic amines) is 1. The van der Waals surface area contributed by atoms with Gasteiger partial charge in [-0.05, 0) is 50.2 Å². The summed E-state index contributed by atoms with van der Waals surface area (Å²) < 4.78 is 19.2. The van der Waals surface area contributed by atoms with Crippen molar-refractivity contribution in [2.75, 3.05) is 18.4 Å². The van der Waals surface area contributed by atoms with Gasteiger partial charge in [-0.3, -0.25) is 4.79 Å². The molecule has 1 aromatic carbocycles.